The van der Waals surface area contributed by atoms with Gasteiger partial charge in [0.1, 0.15) is 12.1 Å². The van der Waals surface area contributed by atoms with Gasteiger partial charge in [-0.25, -0.2) is 0 Å². The Hall–Kier alpha value is -3.28. The second kappa shape index (κ2) is 8.93. The Morgan fingerprint density at radius 1 is 1.03 bits per heavy atom. The van der Waals surface area contributed by atoms with Gasteiger partial charge in [0.05, 0.1) is 33.8 Å². The minimum Gasteiger partial charge on any atom is -0.325 e. The molecule has 0 radical (unpaired) electrons. The van der Waals surface area contributed by atoms with Gasteiger partial charge in [-0.15, -0.1) is 0 Å². The maximum absolute atomic E-state index is 13.7. The third-order valence-electron chi connectivity index (χ3n) is 5.20. The van der Waals surface area contributed by atoms with Crippen LogP contribution in [-0.4, -0.2) is 24.2 Å². The van der Waals surface area contributed by atoms with Gasteiger partial charge in [0, 0.05) is 11.6 Å². The van der Waals surface area contributed by atoms with E-state index in [1.807, 2.05) is 6.07 Å². The second-order valence-electron chi connectivity index (χ2n) is 7.29. The smallest absolute Gasteiger partial charge is 0.325 e. The van der Waals surface area contributed by atoms with Crippen molar-refractivity contribution in [1.82, 2.24) is 5.32 Å². The first-order valence-corrected chi connectivity index (χ1v) is 9.67. The van der Waals surface area contributed by atoms with Crippen LogP contribution in [-0.2, 0) is 11.0 Å². The molecule has 1 fully saturated rings. The molecule has 0 saturated carbocycles. The zero-order valence-corrected chi connectivity index (χ0v) is 17.1. The first-order valence-electron chi connectivity index (χ1n) is 9.29. The van der Waals surface area contributed by atoms with Gasteiger partial charge in [-0.05, 0) is 42.3 Å². The molecule has 1 aliphatic rings. The van der Waals surface area contributed by atoms with Crippen molar-refractivity contribution in [2.45, 2.75) is 36.8 Å². The van der Waals surface area contributed by atoms with E-state index >= 15 is 0 Å². The summed E-state index contributed by atoms with van der Waals surface area (Å²) in [5.74, 6) is -2.35. The maximum Gasteiger partial charge on any atom is 0.417 e. The largest absolute Gasteiger partial charge is 0.417 e. The number of alkyl halides is 6. The van der Waals surface area contributed by atoms with Crippen LogP contribution >= 0.6 is 11.6 Å². The van der Waals surface area contributed by atoms with Crippen LogP contribution < -0.4 is 10.6 Å². The SMILES string of the molecule is N#Cc1ccc(NC(=O)[C@@H]2CC(c3ccc(C#N)c(C(F)(F)F)c3)[C@H](C(F)(F)F)N2)cc1Cl. The number of anilines is 1. The lowest BCUT2D eigenvalue weighted by molar-refractivity contribution is -0.156. The molecule has 2 aromatic carbocycles. The summed E-state index contributed by atoms with van der Waals surface area (Å²) in [4.78, 5) is 12.6. The molecule has 2 aromatic rings. The van der Waals surface area contributed by atoms with Crippen LogP contribution in [0.25, 0.3) is 0 Å². The van der Waals surface area contributed by atoms with Crippen molar-refractivity contribution < 1.29 is 31.1 Å². The van der Waals surface area contributed by atoms with E-state index in [-0.39, 0.29) is 21.8 Å². The topological polar surface area (TPSA) is 88.7 Å². The third kappa shape index (κ3) is 5.21. The van der Waals surface area contributed by atoms with Crippen LogP contribution in [0.15, 0.2) is 36.4 Å². The molecule has 1 aliphatic heterocycles. The summed E-state index contributed by atoms with van der Waals surface area (Å²) in [5, 5.41) is 22.4. The van der Waals surface area contributed by atoms with E-state index in [0.717, 1.165) is 12.1 Å². The zero-order valence-electron chi connectivity index (χ0n) is 16.4. The lowest BCUT2D eigenvalue weighted by Crippen LogP contribution is -2.46. The van der Waals surface area contributed by atoms with Gasteiger partial charge in [-0.1, -0.05) is 17.7 Å². The van der Waals surface area contributed by atoms with Crippen LogP contribution in [0, 0.1) is 22.7 Å². The quantitative estimate of drug-likeness (QED) is 0.590. The number of hydrogen-bond donors (Lipinski definition) is 2. The molecule has 1 unspecified atom stereocenters. The number of carbonyl (C=O) groups is 1. The van der Waals surface area contributed by atoms with Crippen molar-refractivity contribution in [3.63, 3.8) is 0 Å². The number of nitriles is 2. The third-order valence-corrected chi connectivity index (χ3v) is 5.51. The Morgan fingerprint density at radius 3 is 2.21 bits per heavy atom. The maximum atomic E-state index is 13.7. The molecule has 5 nitrogen and oxygen atoms in total. The molecule has 0 spiro atoms. The van der Waals surface area contributed by atoms with Gasteiger partial charge in [-0.3, -0.25) is 10.1 Å². The van der Waals surface area contributed by atoms with E-state index in [1.54, 1.807) is 0 Å². The second-order valence-corrected chi connectivity index (χ2v) is 7.70. The van der Waals surface area contributed by atoms with Gasteiger partial charge in [0.2, 0.25) is 5.91 Å². The predicted molar refractivity (Wildman–Crippen MR) is 105 cm³/mol. The van der Waals surface area contributed by atoms with E-state index in [2.05, 4.69) is 10.6 Å². The van der Waals surface area contributed by atoms with Crippen LogP contribution in [0.4, 0.5) is 32.0 Å². The summed E-state index contributed by atoms with van der Waals surface area (Å²) >= 11 is 5.88. The molecule has 1 heterocycles. The van der Waals surface area contributed by atoms with Crippen molar-refractivity contribution in [1.29, 1.82) is 10.5 Å². The zero-order chi connectivity index (χ0) is 24.6. The monoisotopic (exact) mass is 486 g/mol. The average Bonchev–Trinajstić information content (AvgIpc) is 3.19. The molecule has 0 bridgehead atoms. The molecule has 172 valence electrons. The van der Waals surface area contributed by atoms with Gasteiger partial charge >= 0.3 is 12.4 Å². The van der Waals surface area contributed by atoms with Gasteiger partial charge in [0.25, 0.3) is 0 Å². The van der Waals surface area contributed by atoms with E-state index in [9.17, 15) is 31.1 Å². The molecule has 12 heteroatoms. The van der Waals surface area contributed by atoms with Gasteiger partial charge in [0.15, 0.2) is 0 Å². The fourth-order valence-electron chi connectivity index (χ4n) is 3.66. The number of carbonyl (C=O) groups excluding carboxylic acids is 1. The summed E-state index contributed by atoms with van der Waals surface area (Å²) in [6, 6.07) is 5.80. The fraction of sp³-hybridized carbons (Fsp3) is 0.286. The van der Waals surface area contributed by atoms with E-state index in [1.165, 1.54) is 24.3 Å². The fourth-order valence-corrected chi connectivity index (χ4v) is 3.89. The average molecular weight is 487 g/mol. The summed E-state index contributed by atoms with van der Waals surface area (Å²) < 4.78 is 80.8. The van der Waals surface area contributed by atoms with Crippen LogP contribution in [0.2, 0.25) is 5.02 Å². The molecule has 3 atom stereocenters. The molecule has 2 N–H and O–H groups in total. The Bertz CT molecular complexity index is 1170. The number of hydrogen-bond acceptors (Lipinski definition) is 4. The van der Waals surface area contributed by atoms with Gasteiger partial charge < -0.3 is 5.32 Å². The highest BCUT2D eigenvalue weighted by atomic mass is 35.5. The van der Waals surface area contributed by atoms with E-state index in [4.69, 9.17) is 22.1 Å². The van der Waals surface area contributed by atoms with Crippen molar-refractivity contribution in [2.24, 2.45) is 0 Å². The van der Waals surface area contributed by atoms with Crippen molar-refractivity contribution >= 4 is 23.2 Å². The number of nitrogens with zero attached hydrogens (tertiary/aromatic N) is 2. The Labute approximate surface area is 188 Å². The lowest BCUT2D eigenvalue weighted by Gasteiger charge is -2.23. The number of amides is 1. The number of rotatable bonds is 3. The molecule has 1 amide bonds. The first kappa shape index (κ1) is 24.4. The molecule has 33 heavy (non-hydrogen) atoms. The standard InChI is InChI=1S/C21H13ClF6N4O/c22-16-6-13(4-3-12(16)9-30)31-19(33)17-7-14(18(32-17)21(26,27)28)10-1-2-11(8-29)15(5-10)20(23,24)25/h1-6,14,17-18,32H,7H2,(H,31,33)/t14?,17-,18+/m0/s1. The lowest BCUT2D eigenvalue weighted by atomic mass is 9.88. The summed E-state index contributed by atoms with van der Waals surface area (Å²) in [6.45, 7) is 0. The van der Waals surface area contributed by atoms with Gasteiger partial charge in [-0.2, -0.15) is 36.9 Å². The van der Waals surface area contributed by atoms with Crippen molar-refractivity contribution in [3.8, 4) is 12.1 Å². The first-order chi connectivity index (χ1) is 15.3. The molecule has 3 rings (SSSR count). The number of benzene rings is 2. The molecule has 1 saturated heterocycles. The van der Waals surface area contributed by atoms with Crippen LogP contribution in [0.1, 0.15) is 34.6 Å². The molecule has 0 aliphatic carbocycles. The van der Waals surface area contributed by atoms with E-state index < -0.39 is 53.8 Å². The van der Waals surface area contributed by atoms with E-state index in [0.29, 0.717) is 6.07 Å². The summed E-state index contributed by atoms with van der Waals surface area (Å²) in [6.07, 6.45) is -10.2. The Balaban J connectivity index is 1.90. The minimum absolute atomic E-state index is 0.0259. The number of halogens is 7. The highest BCUT2D eigenvalue weighted by Crippen LogP contribution is 2.42. The van der Waals surface area contributed by atoms with Crippen molar-refractivity contribution in [2.75, 3.05) is 5.32 Å². The number of nitrogens with one attached hydrogen (secondary N) is 2. The Kier molecular flexibility index (Phi) is 6.59. The summed E-state index contributed by atoms with van der Waals surface area (Å²) in [5.41, 5.74) is -2.09. The van der Waals surface area contributed by atoms with Crippen LogP contribution in [0.5, 0.6) is 0 Å². The Morgan fingerprint density at radius 2 is 1.67 bits per heavy atom. The normalized spacial score (nSPS) is 20.7. The molecular formula is C21H13ClF6N4O. The summed E-state index contributed by atoms with van der Waals surface area (Å²) in [7, 11) is 0. The van der Waals surface area contributed by atoms with Crippen LogP contribution in [0.3, 0.4) is 0 Å². The highest BCUT2D eigenvalue weighted by Gasteiger charge is 2.52. The van der Waals surface area contributed by atoms with Crippen molar-refractivity contribution in [3.05, 3.63) is 63.7 Å². The predicted octanol–water partition coefficient (Wildman–Crippen LogP) is 5.12. The molecule has 0 aromatic heterocycles. The minimum atomic E-state index is -4.94. The highest BCUT2D eigenvalue weighted by molar-refractivity contribution is 6.32. The molecular weight excluding hydrogens is 474 g/mol.